The van der Waals surface area contributed by atoms with E-state index in [0.717, 1.165) is 5.01 Å². The van der Waals surface area contributed by atoms with Gasteiger partial charge in [0.1, 0.15) is 5.01 Å². The van der Waals surface area contributed by atoms with Crippen LogP contribution >= 0.6 is 11.3 Å². The second-order valence-corrected chi connectivity index (χ2v) is 2.26. The lowest BCUT2D eigenvalue weighted by Crippen LogP contribution is -1.91. The molecule has 0 amide bonds. The third-order valence-electron chi connectivity index (χ3n) is 0.707. The Bertz CT molecular complexity index is 178. The standard InChI is InChI=1S/C5H6N2S/c1-4(6)5-7-2-3-8-5/h2-3H,1,6H2. The summed E-state index contributed by atoms with van der Waals surface area (Å²) in [7, 11) is 0. The van der Waals surface area contributed by atoms with E-state index in [4.69, 9.17) is 5.73 Å². The second kappa shape index (κ2) is 1.96. The number of hydrogen-bond donors (Lipinski definition) is 1. The van der Waals surface area contributed by atoms with Crippen molar-refractivity contribution in [2.45, 2.75) is 0 Å². The van der Waals surface area contributed by atoms with Gasteiger partial charge in [-0.1, -0.05) is 6.58 Å². The van der Waals surface area contributed by atoms with Gasteiger partial charge in [0.25, 0.3) is 0 Å². The Morgan fingerprint density at radius 2 is 2.62 bits per heavy atom. The highest BCUT2D eigenvalue weighted by atomic mass is 32.1. The zero-order valence-electron chi connectivity index (χ0n) is 4.29. The molecule has 0 unspecified atom stereocenters. The lowest BCUT2D eigenvalue weighted by atomic mass is 10.5. The molecule has 2 N–H and O–H groups in total. The van der Waals surface area contributed by atoms with Crippen LogP contribution in [0.4, 0.5) is 0 Å². The molecule has 1 aromatic rings. The van der Waals surface area contributed by atoms with E-state index in [2.05, 4.69) is 11.6 Å². The lowest BCUT2D eigenvalue weighted by Gasteiger charge is -1.85. The largest absolute Gasteiger partial charge is 0.397 e. The molecule has 1 heterocycles. The van der Waals surface area contributed by atoms with Crippen LogP contribution in [0.3, 0.4) is 0 Å². The van der Waals surface area contributed by atoms with E-state index >= 15 is 0 Å². The summed E-state index contributed by atoms with van der Waals surface area (Å²) in [4.78, 5) is 3.91. The molecule has 0 bridgehead atoms. The zero-order valence-corrected chi connectivity index (χ0v) is 5.11. The number of thiazole rings is 1. The van der Waals surface area contributed by atoms with Crippen LogP contribution in [0.15, 0.2) is 18.2 Å². The van der Waals surface area contributed by atoms with Crippen LogP contribution in [0, 0.1) is 0 Å². The molecule has 2 nitrogen and oxygen atoms in total. The van der Waals surface area contributed by atoms with Gasteiger partial charge < -0.3 is 5.73 Å². The van der Waals surface area contributed by atoms with Gasteiger partial charge in [0.2, 0.25) is 0 Å². The fourth-order valence-corrected chi connectivity index (χ4v) is 0.906. The SMILES string of the molecule is C=C(N)c1nccs1. The average molecular weight is 126 g/mol. The quantitative estimate of drug-likeness (QED) is 0.611. The first-order chi connectivity index (χ1) is 3.80. The molecule has 0 aromatic carbocycles. The van der Waals surface area contributed by atoms with Crippen LogP contribution in [0.2, 0.25) is 0 Å². The molecule has 0 spiro atoms. The number of rotatable bonds is 1. The fourth-order valence-electron chi connectivity index (χ4n) is 0.382. The molecule has 0 aliphatic heterocycles. The van der Waals surface area contributed by atoms with Crippen molar-refractivity contribution < 1.29 is 0 Å². The highest BCUT2D eigenvalue weighted by molar-refractivity contribution is 7.10. The maximum Gasteiger partial charge on any atom is 0.138 e. The highest BCUT2D eigenvalue weighted by Gasteiger charge is 1.91. The van der Waals surface area contributed by atoms with E-state index in [1.165, 1.54) is 11.3 Å². The maximum atomic E-state index is 5.31. The Kier molecular flexibility index (Phi) is 1.30. The Morgan fingerprint density at radius 3 is 2.88 bits per heavy atom. The van der Waals surface area contributed by atoms with E-state index in [9.17, 15) is 0 Å². The van der Waals surface area contributed by atoms with E-state index in [0.29, 0.717) is 5.70 Å². The summed E-state index contributed by atoms with van der Waals surface area (Å²) >= 11 is 1.50. The number of nitrogens with two attached hydrogens (primary N) is 1. The number of nitrogens with zero attached hydrogens (tertiary/aromatic N) is 1. The van der Waals surface area contributed by atoms with Crippen LogP contribution in [-0.4, -0.2) is 4.98 Å². The van der Waals surface area contributed by atoms with E-state index in [1.807, 2.05) is 5.38 Å². The summed E-state index contributed by atoms with van der Waals surface area (Å²) in [5, 5.41) is 2.68. The Morgan fingerprint density at radius 1 is 1.88 bits per heavy atom. The van der Waals surface area contributed by atoms with Gasteiger partial charge >= 0.3 is 0 Å². The molecule has 0 saturated carbocycles. The predicted octanol–water partition coefficient (Wildman–Crippen LogP) is 1.07. The summed E-state index contributed by atoms with van der Waals surface area (Å²) < 4.78 is 0. The summed E-state index contributed by atoms with van der Waals surface area (Å²) in [5.41, 5.74) is 5.85. The van der Waals surface area contributed by atoms with Gasteiger partial charge in [-0.3, -0.25) is 0 Å². The van der Waals surface area contributed by atoms with Gasteiger partial charge in [-0.15, -0.1) is 11.3 Å². The predicted molar refractivity (Wildman–Crippen MR) is 35.3 cm³/mol. The van der Waals surface area contributed by atoms with Gasteiger partial charge in [0, 0.05) is 11.6 Å². The molecule has 1 aromatic heterocycles. The normalized spacial score (nSPS) is 9.00. The molecule has 8 heavy (non-hydrogen) atoms. The van der Waals surface area contributed by atoms with E-state index in [1.54, 1.807) is 6.20 Å². The second-order valence-electron chi connectivity index (χ2n) is 1.36. The lowest BCUT2D eigenvalue weighted by molar-refractivity contribution is 1.35. The molecule has 0 aliphatic rings. The highest BCUT2D eigenvalue weighted by Crippen LogP contribution is 2.08. The van der Waals surface area contributed by atoms with Crippen molar-refractivity contribution in [1.29, 1.82) is 0 Å². The monoisotopic (exact) mass is 126 g/mol. The van der Waals surface area contributed by atoms with Gasteiger partial charge in [-0.25, -0.2) is 4.98 Å². The summed E-state index contributed by atoms with van der Waals surface area (Å²) in [5.74, 6) is 0. The smallest absolute Gasteiger partial charge is 0.138 e. The molecular formula is C5H6N2S. The van der Waals surface area contributed by atoms with Gasteiger partial charge in [0.15, 0.2) is 0 Å². The minimum absolute atomic E-state index is 0.542. The van der Waals surface area contributed by atoms with E-state index in [-0.39, 0.29) is 0 Å². The molecule has 1 rings (SSSR count). The minimum atomic E-state index is 0.542. The minimum Gasteiger partial charge on any atom is -0.397 e. The Labute approximate surface area is 51.7 Å². The third-order valence-corrected chi connectivity index (χ3v) is 1.56. The van der Waals surface area contributed by atoms with E-state index < -0.39 is 0 Å². The number of aromatic nitrogens is 1. The summed E-state index contributed by atoms with van der Waals surface area (Å²) in [6.07, 6.45) is 1.71. The molecule has 42 valence electrons. The van der Waals surface area contributed by atoms with Crippen molar-refractivity contribution >= 4 is 17.0 Å². The maximum absolute atomic E-state index is 5.31. The van der Waals surface area contributed by atoms with Crippen LogP contribution in [0.25, 0.3) is 5.70 Å². The molecular weight excluding hydrogens is 120 g/mol. The van der Waals surface area contributed by atoms with Crippen molar-refractivity contribution in [1.82, 2.24) is 4.98 Å². The number of hydrogen-bond acceptors (Lipinski definition) is 3. The van der Waals surface area contributed by atoms with Crippen molar-refractivity contribution in [2.24, 2.45) is 5.73 Å². The molecule has 3 heteroatoms. The topological polar surface area (TPSA) is 38.9 Å². The van der Waals surface area contributed by atoms with Crippen molar-refractivity contribution in [3.05, 3.63) is 23.2 Å². The Balaban J connectivity index is 2.93. The third kappa shape index (κ3) is 0.869. The van der Waals surface area contributed by atoms with Crippen LogP contribution in [0.5, 0.6) is 0 Å². The van der Waals surface area contributed by atoms with Gasteiger partial charge in [-0.05, 0) is 0 Å². The molecule has 0 atom stereocenters. The fraction of sp³-hybridized carbons (Fsp3) is 0. The van der Waals surface area contributed by atoms with Crippen LogP contribution < -0.4 is 5.73 Å². The van der Waals surface area contributed by atoms with Crippen LogP contribution in [0.1, 0.15) is 5.01 Å². The molecule has 0 aliphatic carbocycles. The zero-order chi connectivity index (χ0) is 5.98. The summed E-state index contributed by atoms with van der Waals surface area (Å²) in [6, 6.07) is 0. The average Bonchev–Trinajstić information content (AvgIpc) is 2.12. The summed E-state index contributed by atoms with van der Waals surface area (Å²) in [6.45, 7) is 3.52. The molecule has 0 fully saturated rings. The first-order valence-corrected chi connectivity index (χ1v) is 3.03. The first-order valence-electron chi connectivity index (χ1n) is 2.15. The molecule has 0 saturated heterocycles. The van der Waals surface area contributed by atoms with Gasteiger partial charge in [-0.2, -0.15) is 0 Å². The molecule has 0 radical (unpaired) electrons. The van der Waals surface area contributed by atoms with Gasteiger partial charge in [0.05, 0.1) is 5.70 Å². The first kappa shape index (κ1) is 5.31. The van der Waals surface area contributed by atoms with Crippen molar-refractivity contribution in [3.8, 4) is 0 Å². The van der Waals surface area contributed by atoms with Crippen LogP contribution in [-0.2, 0) is 0 Å². The van der Waals surface area contributed by atoms with Crippen molar-refractivity contribution in [3.63, 3.8) is 0 Å². The van der Waals surface area contributed by atoms with Crippen molar-refractivity contribution in [2.75, 3.05) is 0 Å². The Hall–Kier alpha value is -0.830.